The Kier molecular flexibility index (Phi) is 5.65. The van der Waals surface area contributed by atoms with Crippen LogP contribution in [0.15, 0.2) is 42.5 Å². The summed E-state index contributed by atoms with van der Waals surface area (Å²) in [5, 5.41) is 3.28. The average molecular weight is 219 g/mol. The number of ether oxygens (including phenoxy) is 1. The third kappa shape index (κ3) is 4.99. The van der Waals surface area contributed by atoms with Gasteiger partial charge in [-0.1, -0.05) is 23.8 Å². The van der Waals surface area contributed by atoms with Gasteiger partial charge in [-0.3, -0.25) is 0 Å². The summed E-state index contributed by atoms with van der Waals surface area (Å²) >= 11 is 0. The van der Waals surface area contributed by atoms with E-state index in [0.717, 1.165) is 25.2 Å². The Labute approximate surface area is 98.3 Å². The molecule has 0 aliphatic heterocycles. The Morgan fingerprint density at radius 2 is 2.06 bits per heavy atom. The predicted molar refractivity (Wildman–Crippen MR) is 68.8 cm³/mol. The molecule has 0 radical (unpaired) electrons. The topological polar surface area (TPSA) is 21.3 Å². The molecule has 2 heteroatoms. The molecule has 2 nitrogen and oxygen atoms in total. The highest BCUT2D eigenvalue weighted by Gasteiger charge is 2.05. The van der Waals surface area contributed by atoms with Gasteiger partial charge in [0.25, 0.3) is 0 Å². The van der Waals surface area contributed by atoms with Crippen LogP contribution in [0.1, 0.15) is 19.8 Å². The smallest absolute Gasteiger partial charge is 0.119 e. The molecule has 0 aliphatic carbocycles. The SMILES string of the molecule is C=C(C)CC(CCOc1ccccc1)NC. The molecule has 1 rings (SSSR count). The standard InChI is InChI=1S/C14H21NO/c1-12(2)11-13(15-3)9-10-16-14-7-5-4-6-8-14/h4-8,13,15H,1,9-11H2,2-3H3. The maximum atomic E-state index is 5.65. The Bertz CT molecular complexity index is 308. The summed E-state index contributed by atoms with van der Waals surface area (Å²) in [4.78, 5) is 0. The number of nitrogens with one attached hydrogen (secondary N) is 1. The molecule has 1 aromatic carbocycles. The molecule has 0 bridgehead atoms. The first-order valence-corrected chi connectivity index (χ1v) is 5.72. The number of hydrogen-bond acceptors (Lipinski definition) is 2. The second kappa shape index (κ2) is 7.07. The van der Waals surface area contributed by atoms with Crippen molar-refractivity contribution in [1.29, 1.82) is 0 Å². The molecule has 1 atom stereocenters. The Hall–Kier alpha value is -1.28. The molecule has 0 spiro atoms. The first-order chi connectivity index (χ1) is 7.72. The van der Waals surface area contributed by atoms with Gasteiger partial charge < -0.3 is 10.1 Å². The third-order valence-corrected chi connectivity index (χ3v) is 2.48. The van der Waals surface area contributed by atoms with Crippen LogP contribution in [0.3, 0.4) is 0 Å². The molecule has 0 amide bonds. The van der Waals surface area contributed by atoms with Gasteiger partial charge in [-0.2, -0.15) is 0 Å². The van der Waals surface area contributed by atoms with Gasteiger partial charge in [-0.05, 0) is 38.9 Å². The van der Waals surface area contributed by atoms with Crippen molar-refractivity contribution in [2.24, 2.45) is 0 Å². The summed E-state index contributed by atoms with van der Waals surface area (Å²) in [6.07, 6.45) is 2.01. The molecule has 0 fully saturated rings. The second-order valence-corrected chi connectivity index (χ2v) is 4.10. The van der Waals surface area contributed by atoms with Gasteiger partial charge in [0.1, 0.15) is 5.75 Å². The summed E-state index contributed by atoms with van der Waals surface area (Å²) in [5.41, 5.74) is 1.21. The molecular formula is C14H21NO. The van der Waals surface area contributed by atoms with Crippen LogP contribution in [0.5, 0.6) is 5.75 Å². The molecule has 88 valence electrons. The fourth-order valence-electron chi connectivity index (χ4n) is 1.60. The lowest BCUT2D eigenvalue weighted by Crippen LogP contribution is -2.27. The van der Waals surface area contributed by atoms with Gasteiger partial charge >= 0.3 is 0 Å². The monoisotopic (exact) mass is 219 g/mol. The van der Waals surface area contributed by atoms with Crippen LogP contribution in [-0.4, -0.2) is 19.7 Å². The van der Waals surface area contributed by atoms with Gasteiger partial charge in [0.2, 0.25) is 0 Å². The molecule has 0 aromatic heterocycles. The average Bonchev–Trinajstić information content (AvgIpc) is 2.28. The largest absolute Gasteiger partial charge is 0.494 e. The van der Waals surface area contributed by atoms with Crippen molar-refractivity contribution in [2.45, 2.75) is 25.8 Å². The summed E-state index contributed by atoms with van der Waals surface area (Å²) < 4.78 is 5.65. The second-order valence-electron chi connectivity index (χ2n) is 4.10. The van der Waals surface area contributed by atoms with Crippen LogP contribution < -0.4 is 10.1 Å². The lowest BCUT2D eigenvalue weighted by Gasteiger charge is -2.16. The van der Waals surface area contributed by atoms with Crippen molar-refractivity contribution < 1.29 is 4.74 Å². The summed E-state index contributed by atoms with van der Waals surface area (Å²) in [6, 6.07) is 10.4. The fourth-order valence-corrected chi connectivity index (χ4v) is 1.60. The van der Waals surface area contributed by atoms with Crippen LogP contribution in [0.2, 0.25) is 0 Å². The minimum absolute atomic E-state index is 0.459. The van der Waals surface area contributed by atoms with Gasteiger partial charge in [-0.15, -0.1) is 6.58 Å². The van der Waals surface area contributed by atoms with E-state index >= 15 is 0 Å². The van der Waals surface area contributed by atoms with E-state index in [1.54, 1.807) is 0 Å². The molecule has 0 heterocycles. The van der Waals surface area contributed by atoms with E-state index < -0.39 is 0 Å². The van der Waals surface area contributed by atoms with Gasteiger partial charge in [-0.25, -0.2) is 0 Å². The Balaban J connectivity index is 2.26. The Morgan fingerprint density at radius 3 is 2.62 bits per heavy atom. The highest BCUT2D eigenvalue weighted by Crippen LogP contribution is 2.10. The van der Waals surface area contributed by atoms with E-state index in [9.17, 15) is 0 Å². The molecule has 0 saturated carbocycles. The zero-order chi connectivity index (χ0) is 11.8. The normalized spacial score (nSPS) is 12.1. The highest BCUT2D eigenvalue weighted by molar-refractivity contribution is 5.20. The highest BCUT2D eigenvalue weighted by atomic mass is 16.5. The van der Waals surface area contributed by atoms with Crippen molar-refractivity contribution in [3.63, 3.8) is 0 Å². The van der Waals surface area contributed by atoms with Crippen LogP contribution >= 0.6 is 0 Å². The van der Waals surface area contributed by atoms with E-state index in [0.29, 0.717) is 6.04 Å². The third-order valence-electron chi connectivity index (χ3n) is 2.48. The zero-order valence-corrected chi connectivity index (χ0v) is 10.2. The quantitative estimate of drug-likeness (QED) is 0.712. The molecular weight excluding hydrogens is 198 g/mol. The van der Waals surface area contributed by atoms with Crippen molar-refractivity contribution in [2.75, 3.05) is 13.7 Å². The lowest BCUT2D eigenvalue weighted by molar-refractivity contribution is 0.288. The minimum Gasteiger partial charge on any atom is -0.494 e. The number of rotatable bonds is 7. The molecule has 1 unspecified atom stereocenters. The molecule has 1 N–H and O–H groups in total. The van der Waals surface area contributed by atoms with Gasteiger partial charge in [0.15, 0.2) is 0 Å². The van der Waals surface area contributed by atoms with Gasteiger partial charge in [0.05, 0.1) is 6.61 Å². The van der Waals surface area contributed by atoms with E-state index in [2.05, 4.69) is 18.8 Å². The first kappa shape index (κ1) is 12.8. The predicted octanol–water partition coefficient (Wildman–Crippen LogP) is 3.01. The van der Waals surface area contributed by atoms with E-state index in [1.807, 2.05) is 37.4 Å². The maximum Gasteiger partial charge on any atom is 0.119 e. The van der Waals surface area contributed by atoms with Gasteiger partial charge in [0, 0.05) is 6.04 Å². The molecule has 0 saturated heterocycles. The molecule has 0 aliphatic rings. The van der Waals surface area contributed by atoms with E-state index in [-0.39, 0.29) is 0 Å². The zero-order valence-electron chi connectivity index (χ0n) is 10.2. The lowest BCUT2D eigenvalue weighted by atomic mass is 10.1. The van der Waals surface area contributed by atoms with Crippen molar-refractivity contribution >= 4 is 0 Å². The van der Waals surface area contributed by atoms with Crippen molar-refractivity contribution in [1.82, 2.24) is 5.32 Å². The van der Waals surface area contributed by atoms with Crippen LogP contribution in [0.25, 0.3) is 0 Å². The summed E-state index contributed by atoms with van der Waals surface area (Å²) in [6.45, 7) is 6.73. The minimum atomic E-state index is 0.459. The van der Waals surface area contributed by atoms with Crippen LogP contribution in [-0.2, 0) is 0 Å². The van der Waals surface area contributed by atoms with Crippen molar-refractivity contribution in [3.05, 3.63) is 42.5 Å². The summed E-state index contributed by atoms with van der Waals surface area (Å²) in [5.74, 6) is 0.938. The summed E-state index contributed by atoms with van der Waals surface area (Å²) in [7, 11) is 1.98. The first-order valence-electron chi connectivity index (χ1n) is 5.72. The fraction of sp³-hybridized carbons (Fsp3) is 0.429. The number of para-hydroxylation sites is 1. The molecule has 1 aromatic rings. The van der Waals surface area contributed by atoms with Crippen LogP contribution in [0.4, 0.5) is 0 Å². The number of hydrogen-bond donors (Lipinski definition) is 1. The van der Waals surface area contributed by atoms with E-state index in [1.165, 1.54) is 5.57 Å². The van der Waals surface area contributed by atoms with Crippen LogP contribution in [0, 0.1) is 0 Å². The Morgan fingerprint density at radius 1 is 1.38 bits per heavy atom. The molecule has 16 heavy (non-hydrogen) atoms. The maximum absolute atomic E-state index is 5.65. The van der Waals surface area contributed by atoms with E-state index in [4.69, 9.17) is 4.74 Å². The number of benzene rings is 1. The van der Waals surface area contributed by atoms with Crippen molar-refractivity contribution in [3.8, 4) is 5.75 Å².